The van der Waals surface area contributed by atoms with Gasteiger partial charge in [-0.2, -0.15) is 0 Å². The van der Waals surface area contributed by atoms with E-state index in [-0.39, 0.29) is 12.0 Å². The number of hydrogen-bond donors (Lipinski definition) is 0. The Kier molecular flexibility index (Phi) is 5.21. The van der Waals surface area contributed by atoms with E-state index in [0.29, 0.717) is 17.5 Å². The maximum atomic E-state index is 12.5. The fourth-order valence-corrected chi connectivity index (χ4v) is 3.19. The van der Waals surface area contributed by atoms with Crippen molar-refractivity contribution in [2.24, 2.45) is 11.1 Å². The van der Waals surface area contributed by atoms with Crippen molar-refractivity contribution < 1.29 is 9.63 Å². The monoisotopic (exact) mass is 334 g/mol. The third kappa shape index (κ3) is 3.86. The third-order valence-corrected chi connectivity index (χ3v) is 4.85. The van der Waals surface area contributed by atoms with Crippen molar-refractivity contribution >= 4 is 23.2 Å². The molecule has 1 fully saturated rings. The molecule has 124 valence electrons. The predicted molar refractivity (Wildman–Crippen MR) is 91.7 cm³/mol. The average molecular weight is 335 g/mol. The first-order valence-corrected chi connectivity index (χ1v) is 8.82. The van der Waals surface area contributed by atoms with Gasteiger partial charge in [0.1, 0.15) is 0 Å². The van der Waals surface area contributed by atoms with Crippen LogP contribution in [0.4, 0.5) is 0 Å². The number of carbonyl (C=O) groups is 1. The summed E-state index contributed by atoms with van der Waals surface area (Å²) >= 11 is 5.92. The van der Waals surface area contributed by atoms with Gasteiger partial charge < -0.3 is 9.74 Å². The fraction of sp³-hybridized carbons (Fsp3) is 0.556. The number of nitrogens with zero attached hydrogens (tertiary/aromatic N) is 2. The van der Waals surface area contributed by atoms with E-state index in [4.69, 9.17) is 16.4 Å². The van der Waals surface area contributed by atoms with Crippen molar-refractivity contribution in [1.82, 2.24) is 4.90 Å². The van der Waals surface area contributed by atoms with E-state index in [1.807, 2.05) is 29.2 Å². The first-order chi connectivity index (χ1) is 11.2. The van der Waals surface area contributed by atoms with E-state index in [2.05, 4.69) is 12.1 Å². The molecule has 1 amide bonds. The Labute approximate surface area is 142 Å². The molecule has 1 aromatic rings. The van der Waals surface area contributed by atoms with Gasteiger partial charge in [-0.15, -0.1) is 0 Å². The Hall–Kier alpha value is -1.55. The minimum Gasteiger partial charge on any atom is -0.390 e. The van der Waals surface area contributed by atoms with E-state index in [9.17, 15) is 4.79 Å². The molecule has 23 heavy (non-hydrogen) atoms. The van der Waals surface area contributed by atoms with Crippen LogP contribution in [0.25, 0.3) is 0 Å². The van der Waals surface area contributed by atoms with E-state index in [1.165, 1.54) is 6.42 Å². The minimum absolute atomic E-state index is 0.0451. The first kappa shape index (κ1) is 16.3. The molecule has 0 aromatic heterocycles. The van der Waals surface area contributed by atoms with Gasteiger partial charge in [0.05, 0.1) is 12.3 Å². The third-order valence-electron chi connectivity index (χ3n) is 4.59. The Bertz CT molecular complexity index is 581. The summed E-state index contributed by atoms with van der Waals surface area (Å²) in [6.45, 7) is 3.53. The van der Waals surface area contributed by atoms with Crippen molar-refractivity contribution in [3.63, 3.8) is 0 Å². The van der Waals surface area contributed by atoms with Crippen LogP contribution in [0.3, 0.4) is 0 Å². The summed E-state index contributed by atoms with van der Waals surface area (Å²) < 4.78 is 0. The molecule has 3 rings (SSSR count). The standard InChI is InChI=1S/C18H23ClN2O2/c1-2-10-21(18(22)14-4-3-5-14)12-16-11-17(20-23-16)13-6-8-15(19)9-7-13/h6-9,14,16H,2-5,10-12H2,1H3/t16-/m0/s1. The lowest BCUT2D eigenvalue weighted by molar-refractivity contribution is -0.140. The second kappa shape index (κ2) is 7.35. The zero-order valence-electron chi connectivity index (χ0n) is 13.5. The van der Waals surface area contributed by atoms with Gasteiger partial charge in [-0.3, -0.25) is 4.79 Å². The molecule has 0 spiro atoms. The van der Waals surface area contributed by atoms with Crippen LogP contribution in [0.1, 0.15) is 44.6 Å². The van der Waals surface area contributed by atoms with E-state index >= 15 is 0 Å². The lowest BCUT2D eigenvalue weighted by Gasteiger charge is -2.32. The maximum absolute atomic E-state index is 12.5. The molecule has 0 N–H and O–H groups in total. The molecule has 1 aromatic carbocycles. The largest absolute Gasteiger partial charge is 0.390 e. The number of oxime groups is 1. The Morgan fingerprint density at radius 1 is 1.35 bits per heavy atom. The highest BCUT2D eigenvalue weighted by Gasteiger charge is 2.32. The van der Waals surface area contributed by atoms with Crippen molar-refractivity contribution in [3.8, 4) is 0 Å². The summed E-state index contributed by atoms with van der Waals surface area (Å²) in [5, 5.41) is 4.92. The van der Waals surface area contributed by atoms with Gasteiger partial charge in [-0.1, -0.05) is 42.2 Å². The number of carbonyl (C=O) groups excluding carboxylic acids is 1. The van der Waals surface area contributed by atoms with Gasteiger partial charge in [0, 0.05) is 23.9 Å². The van der Waals surface area contributed by atoms with Crippen molar-refractivity contribution in [2.45, 2.75) is 45.1 Å². The second-order valence-corrected chi connectivity index (χ2v) is 6.82. The van der Waals surface area contributed by atoms with Crippen molar-refractivity contribution in [1.29, 1.82) is 0 Å². The van der Waals surface area contributed by atoms with Gasteiger partial charge in [0.15, 0.2) is 6.10 Å². The molecule has 0 unspecified atom stereocenters. The lowest BCUT2D eigenvalue weighted by atomic mass is 9.84. The zero-order chi connectivity index (χ0) is 16.2. The molecule has 1 aliphatic heterocycles. The van der Waals surface area contributed by atoms with E-state index in [0.717, 1.165) is 43.5 Å². The smallest absolute Gasteiger partial charge is 0.225 e. The highest BCUT2D eigenvalue weighted by atomic mass is 35.5. The van der Waals surface area contributed by atoms with Crippen LogP contribution in [-0.4, -0.2) is 35.7 Å². The highest BCUT2D eigenvalue weighted by molar-refractivity contribution is 6.30. The molecule has 5 heteroatoms. The van der Waals surface area contributed by atoms with Gasteiger partial charge in [-0.05, 0) is 37.0 Å². The van der Waals surface area contributed by atoms with E-state index in [1.54, 1.807) is 0 Å². The van der Waals surface area contributed by atoms with Crippen LogP contribution in [0.2, 0.25) is 5.02 Å². The molecule has 1 heterocycles. The number of rotatable bonds is 6. The molecule has 2 aliphatic rings. The predicted octanol–water partition coefficient (Wildman–Crippen LogP) is 3.87. The molecule has 0 radical (unpaired) electrons. The van der Waals surface area contributed by atoms with Gasteiger partial charge >= 0.3 is 0 Å². The summed E-state index contributed by atoms with van der Waals surface area (Å²) in [4.78, 5) is 20.0. The summed E-state index contributed by atoms with van der Waals surface area (Å²) in [5.74, 6) is 0.529. The van der Waals surface area contributed by atoms with Gasteiger partial charge in [0.25, 0.3) is 0 Å². The summed E-state index contributed by atoms with van der Waals surface area (Å²) in [6.07, 6.45) is 4.92. The zero-order valence-corrected chi connectivity index (χ0v) is 14.3. The van der Waals surface area contributed by atoms with Gasteiger partial charge in [-0.25, -0.2) is 0 Å². The molecular weight excluding hydrogens is 312 g/mol. The maximum Gasteiger partial charge on any atom is 0.225 e. The second-order valence-electron chi connectivity index (χ2n) is 6.39. The van der Waals surface area contributed by atoms with Crippen LogP contribution in [0.15, 0.2) is 29.4 Å². The quantitative estimate of drug-likeness (QED) is 0.792. The Balaban J connectivity index is 1.57. The topological polar surface area (TPSA) is 41.9 Å². The fourth-order valence-electron chi connectivity index (χ4n) is 3.06. The van der Waals surface area contributed by atoms with E-state index < -0.39 is 0 Å². The van der Waals surface area contributed by atoms with Crippen molar-refractivity contribution in [2.75, 3.05) is 13.1 Å². The summed E-state index contributed by atoms with van der Waals surface area (Å²) in [7, 11) is 0. The number of benzene rings is 1. The molecule has 1 atom stereocenters. The summed E-state index contributed by atoms with van der Waals surface area (Å²) in [6, 6.07) is 7.62. The highest BCUT2D eigenvalue weighted by Crippen LogP contribution is 2.29. The number of amides is 1. The molecule has 4 nitrogen and oxygen atoms in total. The molecular formula is C18H23ClN2O2. The molecule has 0 bridgehead atoms. The minimum atomic E-state index is -0.0451. The first-order valence-electron chi connectivity index (χ1n) is 8.44. The van der Waals surface area contributed by atoms with Crippen molar-refractivity contribution in [3.05, 3.63) is 34.9 Å². The van der Waals surface area contributed by atoms with Crippen LogP contribution >= 0.6 is 11.6 Å². The van der Waals surface area contributed by atoms with Crippen LogP contribution in [0.5, 0.6) is 0 Å². The molecule has 1 aliphatic carbocycles. The normalized spacial score (nSPS) is 20.6. The van der Waals surface area contributed by atoms with Crippen LogP contribution in [0, 0.1) is 5.92 Å². The van der Waals surface area contributed by atoms with Crippen LogP contribution < -0.4 is 0 Å². The Morgan fingerprint density at radius 2 is 2.09 bits per heavy atom. The lowest BCUT2D eigenvalue weighted by Crippen LogP contribution is -2.43. The molecule has 1 saturated carbocycles. The SMILES string of the molecule is CCCN(C[C@@H]1CC(c2ccc(Cl)cc2)=NO1)C(=O)C1CCC1. The molecule has 0 saturated heterocycles. The summed E-state index contributed by atoms with van der Waals surface area (Å²) in [5.41, 5.74) is 1.96. The van der Waals surface area contributed by atoms with Crippen LogP contribution in [-0.2, 0) is 9.63 Å². The average Bonchev–Trinajstić information content (AvgIpc) is 2.94. The Morgan fingerprint density at radius 3 is 2.70 bits per heavy atom. The van der Waals surface area contributed by atoms with Gasteiger partial charge in [0.2, 0.25) is 5.91 Å². The number of halogens is 1. The number of hydrogen-bond acceptors (Lipinski definition) is 3.